The maximum absolute atomic E-state index is 10.4. The van der Waals surface area contributed by atoms with Crippen molar-refractivity contribution in [3.63, 3.8) is 0 Å². The molecule has 6 nitrogen and oxygen atoms in total. The van der Waals surface area contributed by atoms with Gasteiger partial charge in [-0.05, 0) is 55.9 Å². The number of nitrogens with two attached hydrogens (primary N) is 1. The van der Waals surface area contributed by atoms with Crippen LogP contribution in [0.1, 0.15) is 29.2 Å². The monoisotopic (exact) mass is 406 g/mol. The van der Waals surface area contributed by atoms with Gasteiger partial charge in [0.1, 0.15) is 5.71 Å². The van der Waals surface area contributed by atoms with Crippen molar-refractivity contribution in [3.05, 3.63) is 70.8 Å². The summed E-state index contributed by atoms with van der Waals surface area (Å²) in [6.45, 7) is 7.11. The van der Waals surface area contributed by atoms with Crippen LogP contribution in [0, 0.1) is 13.8 Å². The Hall–Kier alpha value is -2.41. The van der Waals surface area contributed by atoms with Gasteiger partial charge in [0.25, 0.3) is 0 Å². The van der Waals surface area contributed by atoms with E-state index < -0.39 is 5.97 Å². The lowest BCUT2D eigenvalue weighted by Crippen LogP contribution is -2.24. The third kappa shape index (κ3) is 10.1. The summed E-state index contributed by atoms with van der Waals surface area (Å²) in [5.41, 5.74) is 10.7. The Balaban J connectivity index is 0.000000535. The lowest BCUT2D eigenvalue weighted by molar-refractivity contribution is -0.129. The zero-order chi connectivity index (χ0) is 20.1. The van der Waals surface area contributed by atoms with Crippen molar-refractivity contribution in [2.45, 2.75) is 33.6 Å². The fourth-order valence-electron chi connectivity index (χ4n) is 2.40. The number of hydrazone groups is 1. The number of aryl methyl sites for hydroxylation is 2. The number of carbonyl (C=O) groups is 1. The van der Waals surface area contributed by atoms with E-state index in [0.29, 0.717) is 6.54 Å². The number of halogens is 1. The van der Waals surface area contributed by atoms with Gasteiger partial charge in [-0.1, -0.05) is 48.5 Å². The van der Waals surface area contributed by atoms with E-state index in [-0.39, 0.29) is 18.1 Å². The molecule has 0 aliphatic heterocycles. The molecule has 2 rings (SSSR count). The summed E-state index contributed by atoms with van der Waals surface area (Å²) in [7, 11) is 0. The third-order valence-corrected chi connectivity index (χ3v) is 4.12. The molecule has 154 valence electrons. The molecule has 2 aromatic rings. The number of nitrogens with zero attached hydrogens (tertiary/aromatic N) is 1. The van der Waals surface area contributed by atoms with Crippen LogP contribution in [-0.4, -0.2) is 29.9 Å². The minimum atomic E-state index is -0.997. The molecular formula is C21H31ClN4O2. The molecule has 0 radical (unpaired) electrons. The Bertz CT molecular complexity index is 751. The van der Waals surface area contributed by atoms with Gasteiger partial charge in [0.05, 0.1) is 0 Å². The topological polar surface area (TPSA) is 99.7 Å². The van der Waals surface area contributed by atoms with Crippen LogP contribution in [-0.2, 0) is 17.6 Å². The number of nitrogens with one attached hydrogen (secondary N) is 2. The van der Waals surface area contributed by atoms with Crippen LogP contribution in [0.5, 0.6) is 0 Å². The number of carboxylic acids is 1. The van der Waals surface area contributed by atoms with Crippen molar-refractivity contribution in [2.24, 2.45) is 10.9 Å². The number of hydrogen-bond acceptors (Lipinski definition) is 5. The number of carboxylic acid groups (broad SMARTS) is 1. The Morgan fingerprint density at radius 1 is 0.964 bits per heavy atom. The Morgan fingerprint density at radius 3 is 1.86 bits per heavy atom. The van der Waals surface area contributed by atoms with Gasteiger partial charge in [0.15, 0.2) is 0 Å². The molecule has 0 amide bonds. The third-order valence-electron chi connectivity index (χ3n) is 4.12. The predicted octanol–water partition coefficient (Wildman–Crippen LogP) is 3.01. The van der Waals surface area contributed by atoms with Gasteiger partial charge in [-0.2, -0.15) is 5.10 Å². The van der Waals surface area contributed by atoms with E-state index in [1.165, 1.54) is 29.2 Å². The van der Waals surface area contributed by atoms with Gasteiger partial charge < -0.3 is 10.5 Å². The van der Waals surface area contributed by atoms with Gasteiger partial charge in [-0.25, -0.2) is 4.79 Å². The van der Waals surface area contributed by atoms with Gasteiger partial charge in [0.2, 0.25) is 0 Å². The predicted molar refractivity (Wildman–Crippen MR) is 118 cm³/mol. The second kappa shape index (κ2) is 14.6. The van der Waals surface area contributed by atoms with Crippen LogP contribution in [0.4, 0.5) is 0 Å². The molecule has 0 aliphatic carbocycles. The van der Waals surface area contributed by atoms with Crippen molar-refractivity contribution >= 4 is 24.1 Å². The Morgan fingerprint density at radius 2 is 1.43 bits per heavy atom. The normalized spacial score (nSPS) is 10.4. The first kappa shape index (κ1) is 25.6. The van der Waals surface area contributed by atoms with Crippen molar-refractivity contribution in [2.75, 3.05) is 13.1 Å². The van der Waals surface area contributed by atoms with Crippen molar-refractivity contribution < 1.29 is 9.90 Å². The SMILES string of the molecule is CC(=NNCCc1ccccc1C)C(=O)O.Cc1ccccc1CCNN.Cl. The lowest BCUT2D eigenvalue weighted by Gasteiger charge is -2.05. The van der Waals surface area contributed by atoms with Crippen molar-refractivity contribution in [3.8, 4) is 0 Å². The molecule has 7 heteroatoms. The summed E-state index contributed by atoms with van der Waals surface area (Å²) >= 11 is 0. The molecule has 0 spiro atoms. The van der Waals surface area contributed by atoms with E-state index in [4.69, 9.17) is 10.9 Å². The van der Waals surface area contributed by atoms with Gasteiger partial charge in [-0.15, -0.1) is 12.4 Å². The molecule has 0 atom stereocenters. The molecule has 5 N–H and O–H groups in total. The molecule has 0 bridgehead atoms. The van der Waals surface area contributed by atoms with E-state index in [2.05, 4.69) is 66.2 Å². The highest BCUT2D eigenvalue weighted by atomic mass is 35.5. The summed E-state index contributed by atoms with van der Waals surface area (Å²) in [5, 5.41) is 12.3. The summed E-state index contributed by atoms with van der Waals surface area (Å²) in [5.74, 6) is 4.18. The van der Waals surface area contributed by atoms with Crippen LogP contribution in [0.25, 0.3) is 0 Å². The van der Waals surface area contributed by atoms with Crippen LogP contribution >= 0.6 is 12.4 Å². The van der Waals surface area contributed by atoms with Crippen molar-refractivity contribution in [1.29, 1.82) is 0 Å². The molecular weight excluding hydrogens is 376 g/mol. The van der Waals surface area contributed by atoms with Gasteiger partial charge in [-0.3, -0.25) is 11.3 Å². The summed E-state index contributed by atoms with van der Waals surface area (Å²) in [4.78, 5) is 10.4. The summed E-state index contributed by atoms with van der Waals surface area (Å²) < 4.78 is 0. The van der Waals surface area contributed by atoms with Crippen LogP contribution in [0.3, 0.4) is 0 Å². The fraction of sp³-hybridized carbons (Fsp3) is 0.333. The highest BCUT2D eigenvalue weighted by Gasteiger charge is 2.00. The van der Waals surface area contributed by atoms with E-state index in [1.54, 1.807) is 0 Å². The molecule has 0 aromatic heterocycles. The second-order valence-electron chi connectivity index (χ2n) is 6.22. The van der Waals surface area contributed by atoms with E-state index in [0.717, 1.165) is 19.4 Å². The number of hydrogen-bond donors (Lipinski definition) is 4. The maximum Gasteiger partial charge on any atom is 0.351 e. The van der Waals surface area contributed by atoms with Gasteiger partial charge >= 0.3 is 5.97 Å². The molecule has 0 saturated heterocycles. The number of rotatable bonds is 8. The van der Waals surface area contributed by atoms with Crippen molar-refractivity contribution in [1.82, 2.24) is 10.9 Å². The largest absolute Gasteiger partial charge is 0.477 e. The van der Waals surface area contributed by atoms with Crippen LogP contribution in [0.2, 0.25) is 0 Å². The van der Waals surface area contributed by atoms with E-state index in [1.807, 2.05) is 12.1 Å². The minimum absolute atomic E-state index is 0. The number of benzene rings is 2. The molecule has 0 saturated carbocycles. The van der Waals surface area contributed by atoms with Crippen LogP contribution in [0.15, 0.2) is 53.6 Å². The molecule has 2 aromatic carbocycles. The highest BCUT2D eigenvalue weighted by molar-refractivity contribution is 6.34. The average molecular weight is 407 g/mol. The Kier molecular flexibility index (Phi) is 13.4. The smallest absolute Gasteiger partial charge is 0.351 e. The molecule has 0 heterocycles. The lowest BCUT2D eigenvalue weighted by atomic mass is 10.1. The first-order chi connectivity index (χ1) is 13.0. The maximum atomic E-state index is 10.4. The minimum Gasteiger partial charge on any atom is -0.477 e. The average Bonchev–Trinajstić information content (AvgIpc) is 2.66. The fourth-order valence-corrected chi connectivity index (χ4v) is 2.40. The first-order valence-electron chi connectivity index (χ1n) is 8.98. The zero-order valence-electron chi connectivity index (χ0n) is 16.7. The molecule has 0 fully saturated rings. The van der Waals surface area contributed by atoms with E-state index in [9.17, 15) is 4.79 Å². The van der Waals surface area contributed by atoms with Gasteiger partial charge in [0, 0.05) is 13.1 Å². The quantitative estimate of drug-likeness (QED) is 0.234. The van der Waals surface area contributed by atoms with Crippen LogP contribution < -0.4 is 16.7 Å². The second-order valence-corrected chi connectivity index (χ2v) is 6.22. The first-order valence-corrected chi connectivity index (χ1v) is 8.98. The summed E-state index contributed by atoms with van der Waals surface area (Å²) in [6.07, 6.45) is 1.84. The Labute approximate surface area is 173 Å². The highest BCUT2D eigenvalue weighted by Crippen LogP contribution is 2.07. The number of aliphatic carboxylic acids is 1. The van der Waals surface area contributed by atoms with E-state index >= 15 is 0 Å². The molecule has 0 unspecified atom stereocenters. The zero-order valence-corrected chi connectivity index (χ0v) is 17.6. The summed E-state index contributed by atoms with van der Waals surface area (Å²) in [6, 6.07) is 16.5. The standard InChI is InChI=1S/C12H16N2O2.C9H14N2.ClH/c1-9-5-3-4-6-11(9)7-8-13-14-10(2)12(15)16;1-8-4-2-3-5-9(8)6-7-11-10;/h3-6,13H,7-8H2,1-2H3,(H,15,16);2-5,11H,6-7,10H2,1H3;1H. The molecule has 0 aliphatic rings. The number of hydrazine groups is 1. The molecule has 28 heavy (non-hydrogen) atoms.